The lowest BCUT2D eigenvalue weighted by Gasteiger charge is -2.31. The van der Waals surface area contributed by atoms with Gasteiger partial charge in [-0.15, -0.1) is 0 Å². The van der Waals surface area contributed by atoms with E-state index in [0.717, 1.165) is 48.1 Å². The van der Waals surface area contributed by atoms with Crippen molar-refractivity contribution in [3.63, 3.8) is 0 Å². The average Bonchev–Trinajstić information content (AvgIpc) is 3.22. The summed E-state index contributed by atoms with van der Waals surface area (Å²) >= 11 is 0. The predicted molar refractivity (Wildman–Crippen MR) is 92.1 cm³/mol. The predicted octanol–water partition coefficient (Wildman–Crippen LogP) is 2.59. The lowest BCUT2D eigenvalue weighted by atomic mass is 10.0. The van der Waals surface area contributed by atoms with Gasteiger partial charge in [-0.25, -0.2) is 9.67 Å². The molecule has 6 heteroatoms. The van der Waals surface area contributed by atoms with Crippen molar-refractivity contribution in [1.82, 2.24) is 24.6 Å². The Balaban J connectivity index is 1.44. The highest BCUT2D eigenvalue weighted by Gasteiger charge is 2.24. The summed E-state index contributed by atoms with van der Waals surface area (Å²) in [4.78, 5) is 22.4. The maximum Gasteiger partial charge on any atom is 0.179 e. The molecule has 1 aromatic carbocycles. The maximum absolute atomic E-state index is 12.8. The number of aromatic amines is 1. The minimum atomic E-state index is 0.198. The van der Waals surface area contributed by atoms with E-state index in [0.29, 0.717) is 12.6 Å². The van der Waals surface area contributed by atoms with Gasteiger partial charge in [0, 0.05) is 35.2 Å². The molecule has 4 rings (SSSR count). The number of benzene rings is 1. The molecule has 0 aliphatic carbocycles. The number of likely N-dealkylation sites (tertiary alicyclic amines) is 1. The highest BCUT2D eigenvalue weighted by atomic mass is 16.1. The number of para-hydroxylation sites is 1. The largest absolute Gasteiger partial charge is 0.358 e. The summed E-state index contributed by atoms with van der Waals surface area (Å²) in [5.41, 5.74) is 2.82. The molecular weight excluding hydrogens is 302 g/mol. The van der Waals surface area contributed by atoms with Crippen LogP contribution in [-0.2, 0) is 0 Å². The fourth-order valence-electron chi connectivity index (χ4n) is 3.67. The first-order chi connectivity index (χ1) is 11.7. The minimum Gasteiger partial charge on any atom is -0.358 e. The molecule has 1 saturated heterocycles. The van der Waals surface area contributed by atoms with Crippen molar-refractivity contribution in [3.05, 3.63) is 48.2 Å². The third-order valence-electron chi connectivity index (χ3n) is 4.91. The highest BCUT2D eigenvalue weighted by Crippen LogP contribution is 2.24. The van der Waals surface area contributed by atoms with Crippen LogP contribution in [0.3, 0.4) is 0 Å². The molecule has 0 spiro atoms. The van der Waals surface area contributed by atoms with Crippen LogP contribution in [-0.4, -0.2) is 50.1 Å². The SMILES string of the molecule is Cc1[nH]c2ccccc2c1C(=O)CN1CCC(n2cncn2)CC1. The van der Waals surface area contributed by atoms with Crippen LogP contribution < -0.4 is 0 Å². The smallest absolute Gasteiger partial charge is 0.179 e. The number of H-pyrrole nitrogens is 1. The van der Waals surface area contributed by atoms with Crippen LogP contribution in [0.1, 0.15) is 34.9 Å². The molecule has 0 amide bonds. The second-order valence-electron chi connectivity index (χ2n) is 6.48. The van der Waals surface area contributed by atoms with Crippen LogP contribution in [0, 0.1) is 6.92 Å². The summed E-state index contributed by atoms with van der Waals surface area (Å²) in [6.07, 6.45) is 5.36. The molecule has 1 fully saturated rings. The Bertz CT molecular complexity index is 844. The lowest BCUT2D eigenvalue weighted by molar-refractivity contribution is 0.0896. The minimum absolute atomic E-state index is 0.198. The van der Waals surface area contributed by atoms with Crippen molar-refractivity contribution >= 4 is 16.7 Å². The number of rotatable bonds is 4. The van der Waals surface area contributed by atoms with Crippen LogP contribution >= 0.6 is 0 Å². The molecule has 3 heterocycles. The van der Waals surface area contributed by atoms with Gasteiger partial charge in [-0.2, -0.15) is 5.10 Å². The number of carbonyl (C=O) groups is 1. The van der Waals surface area contributed by atoms with Crippen LogP contribution in [0.5, 0.6) is 0 Å². The number of carbonyl (C=O) groups excluding carboxylic acids is 1. The van der Waals surface area contributed by atoms with E-state index >= 15 is 0 Å². The number of nitrogens with one attached hydrogen (secondary N) is 1. The van der Waals surface area contributed by atoms with E-state index in [1.807, 2.05) is 35.9 Å². The summed E-state index contributed by atoms with van der Waals surface area (Å²) in [6, 6.07) is 8.40. The van der Waals surface area contributed by atoms with Crippen molar-refractivity contribution in [3.8, 4) is 0 Å². The van der Waals surface area contributed by atoms with E-state index in [1.54, 1.807) is 12.7 Å². The number of aryl methyl sites for hydroxylation is 1. The Morgan fingerprint density at radius 3 is 2.83 bits per heavy atom. The molecule has 0 saturated carbocycles. The quantitative estimate of drug-likeness (QED) is 0.750. The molecule has 1 N–H and O–H groups in total. The van der Waals surface area contributed by atoms with Crippen molar-refractivity contribution in [2.45, 2.75) is 25.8 Å². The van der Waals surface area contributed by atoms with Gasteiger partial charge in [-0.3, -0.25) is 9.69 Å². The van der Waals surface area contributed by atoms with E-state index in [1.165, 1.54) is 0 Å². The van der Waals surface area contributed by atoms with Crippen molar-refractivity contribution in [1.29, 1.82) is 0 Å². The molecule has 3 aromatic rings. The Hall–Kier alpha value is -2.47. The first kappa shape index (κ1) is 15.1. The molecule has 124 valence electrons. The number of hydrogen-bond donors (Lipinski definition) is 1. The fourth-order valence-corrected chi connectivity index (χ4v) is 3.67. The maximum atomic E-state index is 12.8. The zero-order chi connectivity index (χ0) is 16.5. The van der Waals surface area contributed by atoms with Crippen LogP contribution in [0.15, 0.2) is 36.9 Å². The third-order valence-corrected chi connectivity index (χ3v) is 4.91. The zero-order valence-electron chi connectivity index (χ0n) is 13.8. The van der Waals surface area contributed by atoms with Gasteiger partial charge in [0.15, 0.2) is 5.78 Å². The standard InChI is InChI=1S/C18H21N5O/c1-13-18(15-4-2-3-5-16(15)21-13)17(24)10-22-8-6-14(7-9-22)23-12-19-11-20-23/h2-5,11-12,14,21H,6-10H2,1H3. The topological polar surface area (TPSA) is 66.8 Å². The number of hydrogen-bond acceptors (Lipinski definition) is 4. The second-order valence-corrected chi connectivity index (χ2v) is 6.48. The molecular formula is C18H21N5O. The summed E-state index contributed by atoms with van der Waals surface area (Å²) in [6.45, 7) is 4.28. The first-order valence-electron chi connectivity index (χ1n) is 8.39. The van der Waals surface area contributed by atoms with E-state index in [9.17, 15) is 4.79 Å². The summed E-state index contributed by atoms with van der Waals surface area (Å²) in [5.74, 6) is 0.198. The molecule has 6 nitrogen and oxygen atoms in total. The van der Waals surface area contributed by atoms with Gasteiger partial charge in [-0.05, 0) is 25.8 Å². The first-order valence-corrected chi connectivity index (χ1v) is 8.39. The van der Waals surface area contributed by atoms with Gasteiger partial charge in [0.2, 0.25) is 0 Å². The molecule has 2 aromatic heterocycles. The van der Waals surface area contributed by atoms with Gasteiger partial charge in [-0.1, -0.05) is 18.2 Å². The van der Waals surface area contributed by atoms with Gasteiger partial charge < -0.3 is 4.98 Å². The second kappa shape index (κ2) is 6.20. The Kier molecular flexibility index (Phi) is 3.90. The van der Waals surface area contributed by atoms with Crippen molar-refractivity contribution in [2.24, 2.45) is 0 Å². The Morgan fingerprint density at radius 1 is 1.29 bits per heavy atom. The van der Waals surface area contributed by atoms with Crippen molar-refractivity contribution < 1.29 is 4.79 Å². The highest BCUT2D eigenvalue weighted by molar-refractivity contribution is 6.10. The van der Waals surface area contributed by atoms with E-state index in [-0.39, 0.29) is 5.78 Å². The molecule has 1 aliphatic rings. The molecule has 0 bridgehead atoms. The third kappa shape index (κ3) is 2.73. The Labute approximate surface area is 140 Å². The van der Waals surface area contributed by atoms with Gasteiger partial charge in [0.25, 0.3) is 0 Å². The molecule has 0 radical (unpaired) electrons. The number of Topliss-reactive ketones (excluding diaryl/α,β-unsaturated/α-hetero) is 1. The van der Waals surface area contributed by atoms with Crippen LogP contribution in [0.4, 0.5) is 0 Å². The van der Waals surface area contributed by atoms with Gasteiger partial charge in [0.05, 0.1) is 12.6 Å². The normalized spacial score (nSPS) is 16.7. The summed E-state index contributed by atoms with van der Waals surface area (Å²) in [7, 11) is 0. The number of piperidine rings is 1. The van der Waals surface area contributed by atoms with E-state index in [2.05, 4.69) is 20.0 Å². The van der Waals surface area contributed by atoms with Crippen molar-refractivity contribution in [2.75, 3.05) is 19.6 Å². The molecule has 24 heavy (non-hydrogen) atoms. The number of ketones is 1. The molecule has 0 atom stereocenters. The number of nitrogens with zero attached hydrogens (tertiary/aromatic N) is 4. The summed E-state index contributed by atoms with van der Waals surface area (Å²) < 4.78 is 1.93. The fraction of sp³-hybridized carbons (Fsp3) is 0.389. The number of fused-ring (bicyclic) bond motifs is 1. The molecule has 1 aliphatic heterocycles. The monoisotopic (exact) mass is 323 g/mol. The summed E-state index contributed by atoms with van der Waals surface area (Å²) in [5, 5.41) is 5.25. The zero-order valence-corrected chi connectivity index (χ0v) is 13.8. The lowest BCUT2D eigenvalue weighted by Crippen LogP contribution is -2.38. The van der Waals surface area contributed by atoms with E-state index in [4.69, 9.17) is 0 Å². The van der Waals surface area contributed by atoms with Crippen LogP contribution in [0.25, 0.3) is 10.9 Å². The molecule has 0 unspecified atom stereocenters. The van der Waals surface area contributed by atoms with Crippen LogP contribution in [0.2, 0.25) is 0 Å². The van der Waals surface area contributed by atoms with Gasteiger partial charge >= 0.3 is 0 Å². The average molecular weight is 323 g/mol. The van der Waals surface area contributed by atoms with Gasteiger partial charge in [0.1, 0.15) is 12.7 Å². The Morgan fingerprint density at radius 2 is 2.08 bits per heavy atom. The van der Waals surface area contributed by atoms with E-state index < -0.39 is 0 Å². The number of aromatic nitrogens is 4.